The van der Waals surface area contributed by atoms with Crippen LogP contribution in [0.25, 0.3) is 10.9 Å². The lowest BCUT2D eigenvalue weighted by molar-refractivity contribution is 0.402. The third-order valence-electron chi connectivity index (χ3n) is 4.15. The summed E-state index contributed by atoms with van der Waals surface area (Å²) in [5, 5.41) is 1.26. The van der Waals surface area contributed by atoms with Crippen molar-refractivity contribution in [1.29, 1.82) is 0 Å². The van der Waals surface area contributed by atoms with Gasteiger partial charge in [0.2, 0.25) is 0 Å². The molecule has 0 amide bonds. The van der Waals surface area contributed by atoms with Crippen LogP contribution in [0.4, 0.5) is 0 Å². The fourth-order valence-corrected chi connectivity index (χ4v) is 2.49. The van der Waals surface area contributed by atoms with Crippen molar-refractivity contribution in [3.63, 3.8) is 0 Å². The van der Waals surface area contributed by atoms with E-state index in [1.807, 2.05) is 6.07 Å². The second-order valence-corrected chi connectivity index (χ2v) is 5.43. The third-order valence-corrected chi connectivity index (χ3v) is 4.15. The first-order chi connectivity index (χ1) is 8.69. The largest absolute Gasteiger partial charge is 0.256 e. The quantitative estimate of drug-likeness (QED) is 0.710. The summed E-state index contributed by atoms with van der Waals surface area (Å²) < 4.78 is 0. The molecule has 0 spiro atoms. The van der Waals surface area contributed by atoms with E-state index in [1.165, 1.54) is 36.6 Å². The minimum atomic E-state index is 0.271. The number of hydrogen-bond acceptors (Lipinski definition) is 1. The van der Waals surface area contributed by atoms with Gasteiger partial charge in [0.15, 0.2) is 0 Å². The van der Waals surface area contributed by atoms with Crippen molar-refractivity contribution in [2.24, 2.45) is 0 Å². The first-order valence-electron chi connectivity index (χ1n) is 7.05. The number of hydrogen-bond donors (Lipinski definition) is 0. The average Bonchev–Trinajstić information content (AvgIpc) is 2.44. The maximum Gasteiger partial charge on any atom is 0.0702 e. The van der Waals surface area contributed by atoms with E-state index in [-0.39, 0.29) is 5.41 Å². The van der Waals surface area contributed by atoms with Gasteiger partial charge in [-0.25, -0.2) is 0 Å². The molecule has 1 aromatic heterocycles. The second kappa shape index (κ2) is 5.51. The molecular weight excluding hydrogens is 218 g/mol. The van der Waals surface area contributed by atoms with Gasteiger partial charge in [0.25, 0.3) is 0 Å². The monoisotopic (exact) mass is 241 g/mol. The van der Waals surface area contributed by atoms with Crippen LogP contribution in [0, 0.1) is 0 Å². The highest BCUT2D eigenvalue weighted by Gasteiger charge is 2.24. The van der Waals surface area contributed by atoms with Crippen LogP contribution in [0.1, 0.15) is 52.0 Å². The Labute approximate surface area is 110 Å². The van der Waals surface area contributed by atoms with Crippen LogP contribution in [0.2, 0.25) is 0 Å². The van der Waals surface area contributed by atoms with Gasteiger partial charge >= 0.3 is 0 Å². The number of aromatic nitrogens is 1. The lowest BCUT2D eigenvalue weighted by Gasteiger charge is -2.28. The molecule has 2 aromatic rings. The number of fused-ring (bicyclic) bond motifs is 1. The van der Waals surface area contributed by atoms with Crippen molar-refractivity contribution in [1.82, 2.24) is 4.98 Å². The summed E-state index contributed by atoms with van der Waals surface area (Å²) in [5.74, 6) is 0. The van der Waals surface area contributed by atoms with E-state index >= 15 is 0 Å². The van der Waals surface area contributed by atoms with E-state index in [4.69, 9.17) is 0 Å². The predicted octanol–water partition coefficient (Wildman–Crippen LogP) is 5.09. The van der Waals surface area contributed by atoms with E-state index in [1.54, 1.807) is 0 Å². The maximum absolute atomic E-state index is 4.60. The normalized spacial score (nSPS) is 14.6. The molecule has 1 heteroatoms. The van der Waals surface area contributed by atoms with Gasteiger partial charge in [-0.3, -0.25) is 4.98 Å². The summed E-state index contributed by atoms with van der Waals surface area (Å²) in [6, 6.07) is 10.7. The molecule has 1 unspecified atom stereocenters. The highest BCUT2D eigenvalue weighted by atomic mass is 14.7. The summed E-state index contributed by atoms with van der Waals surface area (Å²) in [5.41, 5.74) is 2.75. The molecule has 1 heterocycles. The first kappa shape index (κ1) is 13.1. The van der Waals surface area contributed by atoms with Crippen LogP contribution in [0.15, 0.2) is 36.5 Å². The molecule has 2 rings (SSSR count). The summed E-state index contributed by atoms with van der Waals surface area (Å²) in [4.78, 5) is 4.60. The molecule has 0 aliphatic carbocycles. The lowest BCUT2D eigenvalue weighted by Crippen LogP contribution is -2.21. The molecule has 0 N–H and O–H groups in total. The van der Waals surface area contributed by atoms with Gasteiger partial charge in [0.1, 0.15) is 0 Å². The Morgan fingerprint density at radius 1 is 1.17 bits per heavy atom. The molecule has 0 saturated heterocycles. The average molecular weight is 241 g/mol. The topological polar surface area (TPSA) is 12.9 Å². The number of benzene rings is 1. The molecule has 1 aromatic carbocycles. The minimum absolute atomic E-state index is 0.271. The molecule has 0 aliphatic heterocycles. The van der Waals surface area contributed by atoms with Gasteiger partial charge < -0.3 is 0 Å². The number of unbranched alkanes of at least 4 members (excludes halogenated alkanes) is 1. The Balaban J connectivity index is 2.38. The number of nitrogens with zero attached hydrogens (tertiary/aromatic N) is 1. The summed E-state index contributed by atoms with van der Waals surface area (Å²) >= 11 is 0. The van der Waals surface area contributed by atoms with E-state index in [0.29, 0.717) is 0 Å². The van der Waals surface area contributed by atoms with Crippen molar-refractivity contribution in [3.05, 3.63) is 42.1 Å². The Morgan fingerprint density at radius 3 is 2.67 bits per heavy atom. The lowest BCUT2D eigenvalue weighted by atomic mass is 9.76. The van der Waals surface area contributed by atoms with Gasteiger partial charge in [0.05, 0.1) is 5.52 Å². The van der Waals surface area contributed by atoms with Gasteiger partial charge in [-0.1, -0.05) is 51.8 Å². The molecule has 1 atom stereocenters. The van der Waals surface area contributed by atoms with Crippen molar-refractivity contribution >= 4 is 10.9 Å². The molecular formula is C17H23N. The Hall–Kier alpha value is -1.37. The molecule has 1 nitrogen and oxygen atoms in total. The van der Waals surface area contributed by atoms with Crippen LogP contribution in [-0.2, 0) is 5.41 Å². The van der Waals surface area contributed by atoms with Crippen molar-refractivity contribution in [3.8, 4) is 0 Å². The van der Waals surface area contributed by atoms with Crippen molar-refractivity contribution < 1.29 is 0 Å². The van der Waals surface area contributed by atoms with Crippen LogP contribution >= 0.6 is 0 Å². The van der Waals surface area contributed by atoms with E-state index in [0.717, 1.165) is 5.52 Å². The molecule has 96 valence electrons. The van der Waals surface area contributed by atoms with E-state index < -0.39 is 0 Å². The van der Waals surface area contributed by atoms with Gasteiger partial charge in [-0.2, -0.15) is 0 Å². The van der Waals surface area contributed by atoms with Gasteiger partial charge in [0, 0.05) is 11.6 Å². The summed E-state index contributed by atoms with van der Waals surface area (Å²) in [6.07, 6.45) is 7.04. The van der Waals surface area contributed by atoms with Crippen LogP contribution in [0.5, 0.6) is 0 Å². The zero-order chi connectivity index (χ0) is 13.0. The van der Waals surface area contributed by atoms with Gasteiger partial charge in [-0.15, -0.1) is 0 Å². The standard InChI is InChI=1S/C17H23N/c1-4-6-11-17(3,5-2)15-12-14-9-7-8-10-16(14)18-13-15/h7-10,12-13H,4-6,11H2,1-3H3. The third kappa shape index (κ3) is 2.55. The zero-order valence-electron chi connectivity index (χ0n) is 11.7. The Kier molecular flexibility index (Phi) is 4.00. The highest BCUT2D eigenvalue weighted by molar-refractivity contribution is 5.78. The predicted molar refractivity (Wildman–Crippen MR) is 78.9 cm³/mol. The zero-order valence-corrected chi connectivity index (χ0v) is 11.7. The van der Waals surface area contributed by atoms with Crippen LogP contribution in [-0.4, -0.2) is 4.98 Å². The minimum Gasteiger partial charge on any atom is -0.256 e. The molecule has 0 saturated carbocycles. The fourth-order valence-electron chi connectivity index (χ4n) is 2.49. The summed E-state index contributed by atoms with van der Waals surface area (Å²) in [7, 11) is 0. The molecule has 0 aliphatic rings. The van der Waals surface area contributed by atoms with E-state index in [9.17, 15) is 0 Å². The van der Waals surface area contributed by atoms with Gasteiger partial charge in [-0.05, 0) is 36.0 Å². The molecule has 0 bridgehead atoms. The fraction of sp³-hybridized carbons (Fsp3) is 0.471. The smallest absolute Gasteiger partial charge is 0.0702 e. The number of para-hydroxylation sites is 1. The molecule has 18 heavy (non-hydrogen) atoms. The molecule has 0 radical (unpaired) electrons. The first-order valence-corrected chi connectivity index (χ1v) is 7.05. The number of rotatable bonds is 5. The van der Waals surface area contributed by atoms with Crippen molar-refractivity contribution in [2.75, 3.05) is 0 Å². The summed E-state index contributed by atoms with van der Waals surface area (Å²) in [6.45, 7) is 6.91. The van der Waals surface area contributed by atoms with Crippen LogP contribution in [0.3, 0.4) is 0 Å². The Bertz CT molecular complexity index is 518. The van der Waals surface area contributed by atoms with Crippen molar-refractivity contribution in [2.45, 2.75) is 51.9 Å². The Morgan fingerprint density at radius 2 is 1.94 bits per heavy atom. The second-order valence-electron chi connectivity index (χ2n) is 5.43. The number of pyridine rings is 1. The highest BCUT2D eigenvalue weighted by Crippen LogP contribution is 2.33. The molecule has 0 fully saturated rings. The van der Waals surface area contributed by atoms with E-state index in [2.05, 4.69) is 56.2 Å². The van der Waals surface area contributed by atoms with Crippen LogP contribution < -0.4 is 0 Å². The SMILES string of the molecule is CCCCC(C)(CC)c1cnc2ccccc2c1. The maximum atomic E-state index is 4.60.